The lowest BCUT2D eigenvalue weighted by Crippen LogP contribution is -2.05. The number of anilines is 1. The van der Waals surface area contributed by atoms with Crippen LogP contribution in [0, 0.1) is 0 Å². The van der Waals surface area contributed by atoms with Gasteiger partial charge in [-0.05, 0) is 42.5 Å². The summed E-state index contributed by atoms with van der Waals surface area (Å²) in [6, 6.07) is 11.9. The predicted octanol–water partition coefficient (Wildman–Crippen LogP) is 3.92. The van der Waals surface area contributed by atoms with Crippen molar-refractivity contribution in [3.63, 3.8) is 0 Å². The Balaban J connectivity index is 2.40. The fraction of sp³-hybridized carbons (Fsp3) is 0. The summed E-state index contributed by atoms with van der Waals surface area (Å²) < 4.78 is 0.850. The maximum absolute atomic E-state index is 12.2. The Morgan fingerprint density at radius 3 is 2.35 bits per heavy atom. The van der Waals surface area contributed by atoms with Crippen molar-refractivity contribution < 1.29 is 4.79 Å². The number of hydrogen-bond donors (Lipinski definition) is 1. The van der Waals surface area contributed by atoms with E-state index in [1.165, 1.54) is 0 Å². The Morgan fingerprint density at radius 1 is 1.12 bits per heavy atom. The van der Waals surface area contributed by atoms with Gasteiger partial charge in [0.1, 0.15) is 0 Å². The van der Waals surface area contributed by atoms with E-state index in [9.17, 15) is 4.79 Å². The van der Waals surface area contributed by atoms with Crippen LogP contribution in [0.2, 0.25) is 5.02 Å². The first-order chi connectivity index (χ1) is 8.08. The molecule has 2 nitrogen and oxygen atoms in total. The van der Waals surface area contributed by atoms with Crippen molar-refractivity contribution in [1.82, 2.24) is 0 Å². The fourth-order valence-electron chi connectivity index (χ4n) is 1.50. The number of nitrogen functional groups attached to an aromatic ring is 1. The summed E-state index contributed by atoms with van der Waals surface area (Å²) in [6.45, 7) is 0. The maximum atomic E-state index is 12.2. The molecule has 0 spiro atoms. The monoisotopic (exact) mass is 309 g/mol. The molecule has 0 bridgehead atoms. The second-order valence-electron chi connectivity index (χ2n) is 3.57. The zero-order valence-corrected chi connectivity index (χ0v) is 11.1. The van der Waals surface area contributed by atoms with Crippen molar-refractivity contribution in [3.8, 4) is 0 Å². The van der Waals surface area contributed by atoms with Gasteiger partial charge in [-0.1, -0.05) is 27.5 Å². The third-order valence-corrected chi connectivity index (χ3v) is 3.11. The topological polar surface area (TPSA) is 43.1 Å². The zero-order valence-electron chi connectivity index (χ0n) is 8.78. The van der Waals surface area contributed by atoms with Crippen LogP contribution in [0.15, 0.2) is 46.9 Å². The molecule has 0 aliphatic rings. The van der Waals surface area contributed by atoms with E-state index in [1.54, 1.807) is 42.5 Å². The van der Waals surface area contributed by atoms with E-state index in [0.717, 1.165) is 4.47 Å². The summed E-state index contributed by atoms with van der Waals surface area (Å²) in [4.78, 5) is 12.2. The lowest BCUT2D eigenvalue weighted by molar-refractivity contribution is 0.103. The van der Waals surface area contributed by atoms with E-state index in [0.29, 0.717) is 21.8 Å². The summed E-state index contributed by atoms with van der Waals surface area (Å²) in [5.41, 5.74) is 7.34. The molecule has 2 aromatic rings. The van der Waals surface area contributed by atoms with Gasteiger partial charge in [-0.25, -0.2) is 0 Å². The van der Waals surface area contributed by atoms with Gasteiger partial charge in [0.15, 0.2) is 5.78 Å². The molecule has 0 radical (unpaired) electrons. The molecule has 2 rings (SSSR count). The number of halogens is 2. The lowest BCUT2D eigenvalue weighted by Gasteiger charge is -2.05. The molecule has 0 aromatic heterocycles. The van der Waals surface area contributed by atoms with Crippen LogP contribution in [0.3, 0.4) is 0 Å². The molecule has 0 saturated carbocycles. The van der Waals surface area contributed by atoms with Crippen molar-refractivity contribution in [2.24, 2.45) is 0 Å². The maximum Gasteiger partial charge on any atom is 0.195 e. The minimum absolute atomic E-state index is 0.105. The molecule has 0 aliphatic heterocycles. The Hall–Kier alpha value is -1.32. The van der Waals surface area contributed by atoms with Gasteiger partial charge in [-0.3, -0.25) is 4.79 Å². The minimum Gasteiger partial charge on any atom is -0.398 e. The first-order valence-corrected chi connectivity index (χ1v) is 6.10. The highest BCUT2D eigenvalue weighted by molar-refractivity contribution is 9.10. The normalized spacial score (nSPS) is 10.2. The summed E-state index contributed by atoms with van der Waals surface area (Å²) in [5.74, 6) is -0.105. The highest BCUT2D eigenvalue weighted by atomic mass is 79.9. The average Bonchev–Trinajstić information content (AvgIpc) is 2.29. The molecule has 0 saturated heterocycles. The van der Waals surface area contributed by atoms with Gasteiger partial charge in [-0.2, -0.15) is 0 Å². The largest absolute Gasteiger partial charge is 0.398 e. The molecule has 86 valence electrons. The number of benzene rings is 2. The Labute approximate surface area is 113 Å². The molecule has 17 heavy (non-hydrogen) atoms. The summed E-state index contributed by atoms with van der Waals surface area (Å²) >= 11 is 9.07. The summed E-state index contributed by atoms with van der Waals surface area (Å²) in [7, 11) is 0. The third-order valence-electron chi connectivity index (χ3n) is 2.36. The Bertz CT molecular complexity index is 566. The highest BCUT2D eigenvalue weighted by Crippen LogP contribution is 2.22. The van der Waals surface area contributed by atoms with Crippen molar-refractivity contribution in [2.75, 3.05) is 5.73 Å². The van der Waals surface area contributed by atoms with E-state index >= 15 is 0 Å². The number of ketones is 1. The van der Waals surface area contributed by atoms with E-state index in [1.807, 2.05) is 0 Å². The smallest absolute Gasteiger partial charge is 0.195 e. The number of carbonyl (C=O) groups is 1. The van der Waals surface area contributed by atoms with Crippen molar-refractivity contribution in [1.29, 1.82) is 0 Å². The molecule has 0 fully saturated rings. The van der Waals surface area contributed by atoms with Crippen molar-refractivity contribution in [2.45, 2.75) is 0 Å². The summed E-state index contributed by atoms with van der Waals surface area (Å²) in [6.07, 6.45) is 0. The quantitative estimate of drug-likeness (QED) is 0.675. The minimum atomic E-state index is -0.105. The second-order valence-corrected chi connectivity index (χ2v) is 4.92. The molecule has 0 atom stereocenters. The Morgan fingerprint density at radius 2 is 1.76 bits per heavy atom. The SMILES string of the molecule is Nc1cc(Br)ccc1C(=O)c1ccc(Cl)cc1. The number of hydrogen-bond acceptors (Lipinski definition) is 2. The van der Waals surface area contributed by atoms with E-state index < -0.39 is 0 Å². The third kappa shape index (κ3) is 2.68. The second kappa shape index (κ2) is 4.90. The van der Waals surface area contributed by atoms with Crippen molar-refractivity contribution >= 4 is 39.0 Å². The fourth-order valence-corrected chi connectivity index (χ4v) is 2.00. The first kappa shape index (κ1) is 12.1. The highest BCUT2D eigenvalue weighted by Gasteiger charge is 2.12. The molecule has 2 N–H and O–H groups in total. The number of rotatable bonds is 2. The van der Waals surface area contributed by atoms with Gasteiger partial charge in [0, 0.05) is 26.3 Å². The molecular formula is C13H9BrClNO. The number of nitrogens with two attached hydrogens (primary N) is 1. The average molecular weight is 311 g/mol. The van der Waals surface area contributed by atoms with E-state index in [-0.39, 0.29) is 5.78 Å². The van der Waals surface area contributed by atoms with Crippen molar-refractivity contribution in [3.05, 3.63) is 63.1 Å². The van der Waals surface area contributed by atoms with Gasteiger partial charge in [-0.15, -0.1) is 0 Å². The molecule has 0 heterocycles. The van der Waals surface area contributed by atoms with E-state index in [2.05, 4.69) is 15.9 Å². The molecule has 0 amide bonds. The van der Waals surface area contributed by atoms with Crippen LogP contribution in [-0.2, 0) is 0 Å². The molecule has 0 aliphatic carbocycles. The summed E-state index contributed by atoms with van der Waals surface area (Å²) in [5, 5.41) is 0.602. The predicted molar refractivity (Wildman–Crippen MR) is 73.4 cm³/mol. The van der Waals surface area contributed by atoms with Crippen LogP contribution < -0.4 is 5.73 Å². The number of carbonyl (C=O) groups excluding carboxylic acids is 1. The lowest BCUT2D eigenvalue weighted by atomic mass is 10.0. The van der Waals surface area contributed by atoms with Crippen LogP contribution in [-0.4, -0.2) is 5.78 Å². The van der Waals surface area contributed by atoms with Crippen LogP contribution in [0.25, 0.3) is 0 Å². The zero-order chi connectivity index (χ0) is 12.4. The first-order valence-electron chi connectivity index (χ1n) is 4.93. The standard InChI is InChI=1S/C13H9BrClNO/c14-9-3-6-11(12(16)7-9)13(17)8-1-4-10(15)5-2-8/h1-7H,16H2. The van der Waals surface area contributed by atoms with Gasteiger partial charge >= 0.3 is 0 Å². The van der Waals surface area contributed by atoms with E-state index in [4.69, 9.17) is 17.3 Å². The molecule has 4 heteroatoms. The van der Waals surface area contributed by atoms with Crippen LogP contribution >= 0.6 is 27.5 Å². The van der Waals surface area contributed by atoms with Crippen LogP contribution in [0.4, 0.5) is 5.69 Å². The van der Waals surface area contributed by atoms with Gasteiger partial charge < -0.3 is 5.73 Å². The van der Waals surface area contributed by atoms with Gasteiger partial charge in [0.2, 0.25) is 0 Å². The van der Waals surface area contributed by atoms with Crippen LogP contribution in [0.5, 0.6) is 0 Å². The van der Waals surface area contributed by atoms with Gasteiger partial charge in [0.05, 0.1) is 0 Å². The molecule has 2 aromatic carbocycles. The van der Waals surface area contributed by atoms with Gasteiger partial charge in [0.25, 0.3) is 0 Å². The Kier molecular flexibility index (Phi) is 3.50. The van der Waals surface area contributed by atoms with Crippen LogP contribution in [0.1, 0.15) is 15.9 Å². The molecular weight excluding hydrogens is 302 g/mol. The molecule has 0 unspecified atom stereocenters.